The number of carbonyl (C=O) groups is 2. The molecule has 3 rings (SSSR count). The van der Waals surface area contributed by atoms with Crippen LogP contribution in [0.2, 0.25) is 0 Å². The molecule has 1 atom stereocenters. The summed E-state index contributed by atoms with van der Waals surface area (Å²) >= 11 is 6.36. The third-order valence-corrected chi connectivity index (χ3v) is 6.63. The summed E-state index contributed by atoms with van der Waals surface area (Å²) in [6.07, 6.45) is 0. The number of thioether (sulfide) groups is 1. The van der Waals surface area contributed by atoms with E-state index in [1.165, 1.54) is 16.9 Å². The Hall–Kier alpha value is -1.31. The lowest BCUT2D eigenvalue weighted by Gasteiger charge is -2.22. The number of amides is 2. The maximum atomic E-state index is 12.6. The van der Waals surface area contributed by atoms with Crippen molar-refractivity contribution >= 4 is 56.5 Å². The molecule has 2 amide bonds. The standard InChI is InChI=1S/C17H17BrN2O2S2/c1-10-3-4-12(7-11(10)2)19-16(21)13-8-23-9-20(13)17(22)14-5-6-15(18)24-14/h3-7,13H,8-9H2,1-2H3,(H,19,21). The van der Waals surface area contributed by atoms with Crippen LogP contribution in [-0.4, -0.2) is 34.4 Å². The lowest BCUT2D eigenvalue weighted by atomic mass is 10.1. The second-order valence-corrected chi connectivity index (χ2v) is 9.15. The van der Waals surface area contributed by atoms with Crippen LogP contribution in [0.5, 0.6) is 0 Å². The number of benzene rings is 1. The molecule has 1 aromatic carbocycles. The van der Waals surface area contributed by atoms with Gasteiger partial charge >= 0.3 is 0 Å². The van der Waals surface area contributed by atoms with Crippen molar-refractivity contribution in [3.8, 4) is 0 Å². The normalized spacial score (nSPS) is 17.1. The molecule has 2 heterocycles. The first-order chi connectivity index (χ1) is 11.5. The molecule has 0 bridgehead atoms. The van der Waals surface area contributed by atoms with E-state index in [0.29, 0.717) is 16.5 Å². The van der Waals surface area contributed by atoms with Crippen molar-refractivity contribution in [1.82, 2.24) is 4.90 Å². The smallest absolute Gasteiger partial charge is 0.265 e. The van der Waals surface area contributed by atoms with Gasteiger partial charge in [-0.1, -0.05) is 6.07 Å². The van der Waals surface area contributed by atoms with Gasteiger partial charge in [-0.15, -0.1) is 23.1 Å². The summed E-state index contributed by atoms with van der Waals surface area (Å²) in [6, 6.07) is 9.04. The third-order valence-electron chi connectivity index (χ3n) is 4.00. The fourth-order valence-corrected chi connectivity index (χ4v) is 4.97. The van der Waals surface area contributed by atoms with Crippen molar-refractivity contribution in [2.75, 3.05) is 16.9 Å². The van der Waals surface area contributed by atoms with Gasteiger partial charge in [0.1, 0.15) is 6.04 Å². The average Bonchev–Trinajstić information content (AvgIpc) is 3.19. The van der Waals surface area contributed by atoms with Gasteiger partial charge in [-0.25, -0.2) is 0 Å². The maximum Gasteiger partial charge on any atom is 0.265 e. The number of rotatable bonds is 3. The summed E-state index contributed by atoms with van der Waals surface area (Å²) in [5.41, 5.74) is 3.08. The molecule has 1 fully saturated rings. The van der Waals surface area contributed by atoms with Gasteiger partial charge in [0.25, 0.3) is 5.91 Å². The molecule has 126 valence electrons. The van der Waals surface area contributed by atoms with E-state index in [4.69, 9.17) is 0 Å². The van der Waals surface area contributed by atoms with Crippen LogP contribution in [0, 0.1) is 13.8 Å². The molecule has 1 aliphatic rings. The predicted octanol–water partition coefficient (Wildman–Crippen LogP) is 4.28. The molecule has 1 saturated heterocycles. The second kappa shape index (κ2) is 7.29. The second-order valence-electron chi connectivity index (χ2n) is 5.68. The molecule has 2 aromatic rings. The molecule has 24 heavy (non-hydrogen) atoms. The van der Waals surface area contributed by atoms with E-state index in [1.807, 2.05) is 38.1 Å². The van der Waals surface area contributed by atoms with Gasteiger partial charge in [-0.3, -0.25) is 9.59 Å². The molecule has 0 saturated carbocycles. The van der Waals surface area contributed by atoms with E-state index in [9.17, 15) is 9.59 Å². The number of hydrogen-bond acceptors (Lipinski definition) is 4. The first-order valence-electron chi connectivity index (χ1n) is 7.48. The summed E-state index contributed by atoms with van der Waals surface area (Å²) in [7, 11) is 0. The van der Waals surface area contributed by atoms with Crippen LogP contribution in [0.1, 0.15) is 20.8 Å². The van der Waals surface area contributed by atoms with Crippen LogP contribution in [0.3, 0.4) is 0 Å². The molecule has 1 aliphatic heterocycles. The van der Waals surface area contributed by atoms with Crippen LogP contribution in [0.4, 0.5) is 5.69 Å². The summed E-state index contributed by atoms with van der Waals surface area (Å²) < 4.78 is 0.911. The van der Waals surface area contributed by atoms with Gasteiger partial charge in [0.05, 0.1) is 14.5 Å². The van der Waals surface area contributed by atoms with Crippen molar-refractivity contribution < 1.29 is 9.59 Å². The minimum atomic E-state index is -0.440. The number of nitrogens with zero attached hydrogens (tertiary/aromatic N) is 1. The number of hydrogen-bond donors (Lipinski definition) is 1. The molecule has 4 nitrogen and oxygen atoms in total. The minimum Gasteiger partial charge on any atom is -0.324 e. The Kier molecular flexibility index (Phi) is 5.32. The van der Waals surface area contributed by atoms with Crippen molar-refractivity contribution in [1.29, 1.82) is 0 Å². The number of anilines is 1. The van der Waals surface area contributed by atoms with Gasteiger partial charge in [0, 0.05) is 11.4 Å². The summed E-state index contributed by atoms with van der Waals surface area (Å²) in [6.45, 7) is 4.05. The van der Waals surface area contributed by atoms with E-state index in [-0.39, 0.29) is 11.8 Å². The lowest BCUT2D eigenvalue weighted by Crippen LogP contribution is -2.44. The van der Waals surface area contributed by atoms with E-state index in [1.54, 1.807) is 22.7 Å². The zero-order valence-electron chi connectivity index (χ0n) is 13.3. The highest BCUT2D eigenvalue weighted by molar-refractivity contribution is 9.11. The van der Waals surface area contributed by atoms with E-state index < -0.39 is 6.04 Å². The van der Waals surface area contributed by atoms with Crippen LogP contribution in [0.15, 0.2) is 34.1 Å². The number of nitrogens with one attached hydrogen (secondary N) is 1. The fraction of sp³-hybridized carbons (Fsp3) is 0.294. The maximum absolute atomic E-state index is 12.6. The molecular formula is C17H17BrN2O2S2. The van der Waals surface area contributed by atoms with Gasteiger partial charge in [0.15, 0.2) is 0 Å². The fourth-order valence-electron chi connectivity index (χ4n) is 2.48. The molecule has 7 heteroatoms. The Bertz CT molecular complexity index is 791. The first-order valence-corrected chi connectivity index (χ1v) is 10.2. The van der Waals surface area contributed by atoms with Crippen LogP contribution >= 0.6 is 39.0 Å². The zero-order valence-corrected chi connectivity index (χ0v) is 16.6. The van der Waals surface area contributed by atoms with Crippen LogP contribution < -0.4 is 5.32 Å². The Morgan fingerprint density at radius 2 is 2.00 bits per heavy atom. The number of halogens is 1. The lowest BCUT2D eigenvalue weighted by molar-refractivity contribution is -0.119. The van der Waals surface area contributed by atoms with Crippen molar-refractivity contribution in [3.05, 3.63) is 50.1 Å². The molecule has 1 aromatic heterocycles. The van der Waals surface area contributed by atoms with Gasteiger partial charge in [-0.2, -0.15) is 0 Å². The highest BCUT2D eigenvalue weighted by Crippen LogP contribution is 2.28. The topological polar surface area (TPSA) is 49.4 Å². The molecular weight excluding hydrogens is 408 g/mol. The zero-order chi connectivity index (χ0) is 17.3. The summed E-state index contributed by atoms with van der Waals surface area (Å²) in [5.74, 6) is 0.942. The van der Waals surface area contributed by atoms with Crippen molar-refractivity contribution in [2.45, 2.75) is 19.9 Å². The van der Waals surface area contributed by atoms with E-state index >= 15 is 0 Å². The predicted molar refractivity (Wildman–Crippen MR) is 104 cm³/mol. The highest BCUT2D eigenvalue weighted by atomic mass is 79.9. The van der Waals surface area contributed by atoms with Gasteiger partial charge < -0.3 is 10.2 Å². The highest BCUT2D eigenvalue weighted by Gasteiger charge is 2.35. The Balaban J connectivity index is 1.73. The van der Waals surface area contributed by atoms with Gasteiger partial charge in [-0.05, 0) is 65.2 Å². The number of aryl methyl sites for hydroxylation is 2. The minimum absolute atomic E-state index is 0.0871. The Labute approximate surface area is 157 Å². The molecule has 0 spiro atoms. The van der Waals surface area contributed by atoms with Crippen molar-refractivity contribution in [3.63, 3.8) is 0 Å². The first kappa shape index (κ1) is 17.5. The molecule has 1 N–H and O–H groups in total. The molecule has 0 aliphatic carbocycles. The molecule has 0 radical (unpaired) electrons. The Morgan fingerprint density at radius 1 is 1.21 bits per heavy atom. The van der Waals surface area contributed by atoms with Gasteiger partial charge in [0.2, 0.25) is 5.91 Å². The number of carbonyl (C=O) groups excluding carboxylic acids is 2. The largest absolute Gasteiger partial charge is 0.324 e. The average molecular weight is 425 g/mol. The Morgan fingerprint density at radius 3 is 2.67 bits per heavy atom. The third kappa shape index (κ3) is 3.68. The van der Waals surface area contributed by atoms with Crippen LogP contribution in [0.25, 0.3) is 0 Å². The van der Waals surface area contributed by atoms with E-state index in [0.717, 1.165) is 15.0 Å². The summed E-state index contributed by atoms with van der Waals surface area (Å²) in [5, 5.41) is 2.94. The van der Waals surface area contributed by atoms with Crippen molar-refractivity contribution in [2.24, 2.45) is 0 Å². The summed E-state index contributed by atoms with van der Waals surface area (Å²) in [4.78, 5) is 27.6. The quantitative estimate of drug-likeness (QED) is 0.799. The SMILES string of the molecule is Cc1ccc(NC(=O)C2CSCN2C(=O)c2ccc(Br)s2)cc1C. The molecule has 1 unspecified atom stereocenters. The van der Waals surface area contributed by atoms with Crippen LogP contribution in [-0.2, 0) is 4.79 Å². The monoisotopic (exact) mass is 424 g/mol. The number of thiophene rings is 1. The van der Waals surface area contributed by atoms with E-state index in [2.05, 4.69) is 21.2 Å².